The topological polar surface area (TPSA) is 70.6 Å². The Labute approximate surface area is 125 Å². The van der Waals surface area contributed by atoms with Gasteiger partial charge in [0.15, 0.2) is 0 Å². The van der Waals surface area contributed by atoms with Crippen LogP contribution in [-0.4, -0.2) is 42.9 Å². The fraction of sp³-hybridized carbons (Fsp3) is 0.562. The van der Waals surface area contributed by atoms with Crippen molar-refractivity contribution in [2.24, 2.45) is 0 Å². The summed E-state index contributed by atoms with van der Waals surface area (Å²) in [5.41, 5.74) is 1.09. The Hall–Kier alpha value is -1.43. The van der Waals surface area contributed by atoms with Gasteiger partial charge < -0.3 is 20.5 Å². The lowest BCUT2D eigenvalue weighted by molar-refractivity contribution is -0.121. The first-order chi connectivity index (χ1) is 10.2. The molecule has 1 aromatic rings. The molecule has 116 valence electrons. The second-order valence-corrected chi connectivity index (χ2v) is 5.45. The lowest BCUT2D eigenvalue weighted by Crippen LogP contribution is -2.34. The van der Waals surface area contributed by atoms with Crippen molar-refractivity contribution >= 4 is 5.91 Å². The minimum Gasteiger partial charge on any atom is -0.389 e. The number of rotatable bonds is 10. The Morgan fingerprint density at radius 2 is 2.10 bits per heavy atom. The molecule has 1 aliphatic carbocycles. The maximum Gasteiger partial charge on any atom is 0.221 e. The molecule has 21 heavy (non-hydrogen) atoms. The van der Waals surface area contributed by atoms with E-state index in [0.717, 1.165) is 18.4 Å². The summed E-state index contributed by atoms with van der Waals surface area (Å²) in [6.45, 7) is 1.80. The second kappa shape index (κ2) is 8.77. The predicted molar refractivity (Wildman–Crippen MR) is 80.8 cm³/mol. The van der Waals surface area contributed by atoms with Gasteiger partial charge in [0.25, 0.3) is 0 Å². The summed E-state index contributed by atoms with van der Waals surface area (Å²) in [7, 11) is 0. The van der Waals surface area contributed by atoms with Gasteiger partial charge in [-0.25, -0.2) is 0 Å². The number of ether oxygens (including phenoxy) is 1. The van der Waals surface area contributed by atoms with Crippen molar-refractivity contribution in [2.75, 3.05) is 19.7 Å². The average Bonchev–Trinajstić information content (AvgIpc) is 3.29. The highest BCUT2D eigenvalue weighted by molar-refractivity contribution is 5.76. The molecule has 1 aromatic carbocycles. The van der Waals surface area contributed by atoms with Crippen LogP contribution in [0.2, 0.25) is 0 Å². The third kappa shape index (κ3) is 7.22. The molecule has 1 saturated carbocycles. The van der Waals surface area contributed by atoms with Gasteiger partial charge in [-0.3, -0.25) is 4.79 Å². The largest absolute Gasteiger partial charge is 0.389 e. The van der Waals surface area contributed by atoms with Gasteiger partial charge in [-0.15, -0.1) is 0 Å². The average molecular weight is 292 g/mol. The van der Waals surface area contributed by atoms with E-state index in [-0.39, 0.29) is 12.5 Å². The van der Waals surface area contributed by atoms with Crippen LogP contribution in [0.1, 0.15) is 24.8 Å². The van der Waals surface area contributed by atoms with Gasteiger partial charge in [-0.05, 0) is 18.4 Å². The molecule has 3 N–H and O–H groups in total. The van der Waals surface area contributed by atoms with Crippen molar-refractivity contribution in [2.45, 2.75) is 38.0 Å². The first kappa shape index (κ1) is 15.9. The number of carbonyl (C=O) groups excluding carboxylic acids is 1. The van der Waals surface area contributed by atoms with Crippen molar-refractivity contribution in [1.82, 2.24) is 10.6 Å². The Kier molecular flexibility index (Phi) is 6.66. The minimum atomic E-state index is -0.555. The molecule has 0 spiro atoms. The number of hydrogen-bond acceptors (Lipinski definition) is 4. The van der Waals surface area contributed by atoms with Crippen LogP contribution in [0.3, 0.4) is 0 Å². The first-order valence-corrected chi connectivity index (χ1v) is 7.54. The van der Waals surface area contributed by atoms with E-state index in [1.807, 2.05) is 30.3 Å². The Bertz CT molecular complexity index is 421. The fourth-order valence-corrected chi connectivity index (χ4v) is 1.94. The quantitative estimate of drug-likeness (QED) is 0.559. The summed E-state index contributed by atoms with van der Waals surface area (Å²) in [6.07, 6.45) is 2.11. The summed E-state index contributed by atoms with van der Waals surface area (Å²) in [5, 5.41) is 15.8. The Morgan fingerprint density at radius 1 is 1.33 bits per heavy atom. The number of aliphatic hydroxyl groups excluding tert-OH is 1. The zero-order chi connectivity index (χ0) is 14.9. The molecule has 0 bridgehead atoms. The highest BCUT2D eigenvalue weighted by Crippen LogP contribution is 2.18. The number of nitrogens with one attached hydrogen (secondary N) is 2. The van der Waals surface area contributed by atoms with Crippen molar-refractivity contribution in [1.29, 1.82) is 0 Å². The summed E-state index contributed by atoms with van der Waals surface area (Å²) < 4.78 is 5.45. The van der Waals surface area contributed by atoms with Gasteiger partial charge in [-0.2, -0.15) is 0 Å². The number of hydrogen-bond donors (Lipinski definition) is 3. The van der Waals surface area contributed by atoms with Crippen LogP contribution in [0.5, 0.6) is 0 Å². The summed E-state index contributed by atoms with van der Waals surface area (Å²) in [4.78, 5) is 11.4. The smallest absolute Gasteiger partial charge is 0.221 e. The molecule has 0 aromatic heterocycles. The van der Waals surface area contributed by atoms with Crippen LogP contribution in [-0.2, 0) is 16.1 Å². The van der Waals surface area contributed by atoms with Crippen LogP contribution in [0.4, 0.5) is 0 Å². The summed E-state index contributed by atoms with van der Waals surface area (Å²) in [5.74, 6) is 0.0832. The molecule has 2 rings (SSSR count). The van der Waals surface area contributed by atoms with E-state index in [9.17, 15) is 9.90 Å². The maximum absolute atomic E-state index is 11.4. The van der Waals surface area contributed by atoms with Crippen molar-refractivity contribution < 1.29 is 14.6 Å². The Morgan fingerprint density at radius 3 is 2.81 bits per heavy atom. The van der Waals surface area contributed by atoms with Gasteiger partial charge in [-0.1, -0.05) is 30.3 Å². The number of carbonyl (C=O) groups is 1. The SMILES string of the molecule is O=C(CCNCC(O)COCc1ccccc1)NC1CC1. The zero-order valence-electron chi connectivity index (χ0n) is 12.3. The second-order valence-electron chi connectivity index (χ2n) is 5.45. The third-order valence-corrected chi connectivity index (χ3v) is 3.27. The van der Waals surface area contributed by atoms with Gasteiger partial charge in [0.2, 0.25) is 5.91 Å². The predicted octanol–water partition coefficient (Wildman–Crippen LogP) is 0.822. The van der Waals surface area contributed by atoms with Crippen LogP contribution >= 0.6 is 0 Å². The molecule has 0 radical (unpaired) electrons. The van der Waals surface area contributed by atoms with E-state index in [2.05, 4.69) is 10.6 Å². The molecule has 5 nitrogen and oxygen atoms in total. The first-order valence-electron chi connectivity index (χ1n) is 7.54. The van der Waals surface area contributed by atoms with E-state index >= 15 is 0 Å². The number of aliphatic hydroxyl groups is 1. The van der Waals surface area contributed by atoms with Crippen LogP contribution in [0, 0.1) is 0 Å². The maximum atomic E-state index is 11.4. The Balaban J connectivity index is 1.45. The zero-order valence-corrected chi connectivity index (χ0v) is 12.3. The number of benzene rings is 1. The molecule has 1 aliphatic rings. The van der Waals surface area contributed by atoms with Crippen LogP contribution in [0.25, 0.3) is 0 Å². The molecular weight excluding hydrogens is 268 g/mol. The molecule has 0 heterocycles. The normalized spacial score (nSPS) is 15.7. The van der Waals surface area contributed by atoms with Crippen LogP contribution < -0.4 is 10.6 Å². The third-order valence-electron chi connectivity index (χ3n) is 3.27. The molecule has 1 atom stereocenters. The summed E-state index contributed by atoms with van der Waals surface area (Å²) >= 11 is 0. The lowest BCUT2D eigenvalue weighted by Gasteiger charge is -2.12. The minimum absolute atomic E-state index is 0.0832. The van der Waals surface area contributed by atoms with E-state index in [1.165, 1.54) is 0 Å². The van der Waals surface area contributed by atoms with Gasteiger partial charge >= 0.3 is 0 Å². The molecule has 5 heteroatoms. The van der Waals surface area contributed by atoms with Gasteiger partial charge in [0.05, 0.1) is 19.3 Å². The van der Waals surface area contributed by atoms with Gasteiger partial charge in [0.1, 0.15) is 0 Å². The molecule has 0 saturated heterocycles. The summed E-state index contributed by atoms with van der Waals surface area (Å²) in [6, 6.07) is 10.3. The molecule has 0 aliphatic heterocycles. The number of amides is 1. The molecule has 1 fully saturated rings. The lowest BCUT2D eigenvalue weighted by atomic mass is 10.2. The monoisotopic (exact) mass is 292 g/mol. The van der Waals surface area contributed by atoms with E-state index < -0.39 is 6.10 Å². The molecular formula is C16H24N2O3. The van der Waals surface area contributed by atoms with E-state index in [4.69, 9.17) is 4.74 Å². The van der Waals surface area contributed by atoms with Crippen molar-refractivity contribution in [3.05, 3.63) is 35.9 Å². The highest BCUT2D eigenvalue weighted by Gasteiger charge is 2.22. The van der Waals surface area contributed by atoms with E-state index in [0.29, 0.717) is 32.2 Å². The highest BCUT2D eigenvalue weighted by atomic mass is 16.5. The van der Waals surface area contributed by atoms with Crippen LogP contribution in [0.15, 0.2) is 30.3 Å². The standard InChI is InChI=1S/C16H24N2O3/c19-15(12-21-11-13-4-2-1-3-5-13)10-17-9-8-16(20)18-14-6-7-14/h1-5,14-15,17,19H,6-12H2,(H,18,20). The fourth-order valence-electron chi connectivity index (χ4n) is 1.94. The van der Waals surface area contributed by atoms with Crippen molar-refractivity contribution in [3.63, 3.8) is 0 Å². The van der Waals surface area contributed by atoms with Gasteiger partial charge in [0, 0.05) is 25.6 Å². The van der Waals surface area contributed by atoms with E-state index in [1.54, 1.807) is 0 Å². The van der Waals surface area contributed by atoms with Crippen molar-refractivity contribution in [3.8, 4) is 0 Å². The molecule has 1 amide bonds. The molecule has 1 unspecified atom stereocenters.